The van der Waals surface area contributed by atoms with Gasteiger partial charge in [-0.25, -0.2) is 4.98 Å². The van der Waals surface area contributed by atoms with Crippen LogP contribution in [0.3, 0.4) is 0 Å². The van der Waals surface area contributed by atoms with Gasteiger partial charge in [0.1, 0.15) is 5.82 Å². The normalized spacial score (nSPS) is 10.9. The smallest absolute Gasteiger partial charge is 0.114 e. The van der Waals surface area contributed by atoms with E-state index in [4.69, 9.17) is 5.11 Å². The van der Waals surface area contributed by atoms with Crippen LogP contribution in [0.5, 0.6) is 0 Å². The van der Waals surface area contributed by atoms with Gasteiger partial charge in [-0.3, -0.25) is 4.57 Å². The summed E-state index contributed by atoms with van der Waals surface area (Å²) >= 11 is 0. The number of fused-ring (bicyclic) bond motifs is 1. The molecule has 116 valence electrons. The molecule has 0 aliphatic rings. The van der Waals surface area contributed by atoms with Crippen LogP contribution in [-0.4, -0.2) is 21.3 Å². The molecule has 0 amide bonds. The van der Waals surface area contributed by atoms with E-state index < -0.39 is 0 Å². The minimum absolute atomic E-state index is 0.156. The summed E-state index contributed by atoms with van der Waals surface area (Å²) in [6.45, 7) is 4.19. The molecule has 0 bridgehead atoms. The molecule has 1 aromatic heterocycles. The predicted molar refractivity (Wildman–Crippen MR) is 90.7 cm³/mol. The molecule has 3 rings (SSSR count). The van der Waals surface area contributed by atoms with Crippen molar-refractivity contribution in [3.63, 3.8) is 0 Å². The molecule has 0 unspecified atom stereocenters. The molecule has 1 N–H and O–H groups in total. The number of nitrogens with zero attached hydrogens (tertiary/aromatic N) is 3. The maximum absolute atomic E-state index is 9.20. The standard InChI is InChI=1S/C19H19N3O/c1-3-19-21-17-11-15(12-20)13(2)10-18(17)22(19)16-6-4-14(5-7-16)8-9-23/h4-7,10-11,23H,3,8-9H2,1-2H3. The number of hydrogen-bond acceptors (Lipinski definition) is 3. The molecule has 3 aromatic rings. The molecule has 4 nitrogen and oxygen atoms in total. The van der Waals surface area contributed by atoms with Gasteiger partial charge >= 0.3 is 0 Å². The second-order valence-corrected chi connectivity index (χ2v) is 5.62. The van der Waals surface area contributed by atoms with E-state index in [0.29, 0.717) is 12.0 Å². The highest BCUT2D eigenvalue weighted by atomic mass is 16.2. The van der Waals surface area contributed by atoms with Gasteiger partial charge in [-0.05, 0) is 48.7 Å². The van der Waals surface area contributed by atoms with Crippen LogP contribution < -0.4 is 0 Å². The molecule has 23 heavy (non-hydrogen) atoms. The predicted octanol–water partition coefficient (Wildman–Crippen LogP) is 3.30. The molecule has 0 radical (unpaired) electrons. The highest BCUT2D eigenvalue weighted by molar-refractivity contribution is 5.81. The van der Waals surface area contributed by atoms with Crippen molar-refractivity contribution in [2.24, 2.45) is 0 Å². The number of aliphatic hydroxyl groups is 1. The van der Waals surface area contributed by atoms with Crippen molar-refractivity contribution in [3.8, 4) is 11.8 Å². The minimum atomic E-state index is 0.156. The summed E-state index contributed by atoms with van der Waals surface area (Å²) in [5, 5.41) is 18.2. The maximum Gasteiger partial charge on any atom is 0.114 e. The first-order chi connectivity index (χ1) is 11.2. The zero-order valence-corrected chi connectivity index (χ0v) is 13.4. The van der Waals surface area contributed by atoms with Crippen molar-refractivity contribution < 1.29 is 5.11 Å². The topological polar surface area (TPSA) is 61.8 Å². The van der Waals surface area contributed by atoms with Crippen LogP contribution in [0.15, 0.2) is 36.4 Å². The maximum atomic E-state index is 9.20. The first kappa shape index (κ1) is 15.3. The summed E-state index contributed by atoms with van der Waals surface area (Å²) in [7, 11) is 0. The Labute approximate surface area is 135 Å². The van der Waals surface area contributed by atoms with Crippen LogP contribution in [0.25, 0.3) is 16.7 Å². The fourth-order valence-electron chi connectivity index (χ4n) is 2.86. The number of hydrogen-bond donors (Lipinski definition) is 1. The lowest BCUT2D eigenvalue weighted by molar-refractivity contribution is 0.299. The number of aliphatic hydroxyl groups excluding tert-OH is 1. The van der Waals surface area contributed by atoms with E-state index in [9.17, 15) is 5.26 Å². The second kappa shape index (κ2) is 6.23. The largest absolute Gasteiger partial charge is 0.396 e. The number of aryl methyl sites for hydroxylation is 2. The quantitative estimate of drug-likeness (QED) is 0.804. The van der Waals surface area contributed by atoms with Crippen molar-refractivity contribution >= 4 is 11.0 Å². The van der Waals surface area contributed by atoms with Gasteiger partial charge in [-0.15, -0.1) is 0 Å². The Kier molecular flexibility index (Phi) is 4.14. The van der Waals surface area contributed by atoms with E-state index >= 15 is 0 Å². The van der Waals surface area contributed by atoms with Crippen molar-refractivity contribution in [3.05, 3.63) is 58.9 Å². The lowest BCUT2D eigenvalue weighted by atomic mass is 10.1. The monoisotopic (exact) mass is 305 g/mol. The van der Waals surface area contributed by atoms with Gasteiger partial charge in [0.05, 0.1) is 22.7 Å². The van der Waals surface area contributed by atoms with Crippen LogP contribution in [0.1, 0.15) is 29.4 Å². The Bertz CT molecular complexity index is 886. The molecular weight excluding hydrogens is 286 g/mol. The first-order valence-electron chi connectivity index (χ1n) is 7.80. The molecule has 2 aromatic carbocycles. The van der Waals surface area contributed by atoms with Gasteiger partial charge in [0, 0.05) is 18.7 Å². The van der Waals surface area contributed by atoms with Crippen molar-refractivity contribution in [2.75, 3.05) is 6.61 Å². The summed E-state index contributed by atoms with van der Waals surface area (Å²) in [6, 6.07) is 14.3. The molecular formula is C19H19N3O. The van der Waals surface area contributed by atoms with Crippen LogP contribution >= 0.6 is 0 Å². The third-order valence-corrected chi connectivity index (χ3v) is 4.10. The molecule has 0 aliphatic carbocycles. The summed E-state index contributed by atoms with van der Waals surface area (Å²) in [5.74, 6) is 0.976. The molecule has 0 spiro atoms. The Hall–Kier alpha value is -2.64. The zero-order chi connectivity index (χ0) is 16.4. The van der Waals surface area contributed by atoms with Gasteiger partial charge in [0.25, 0.3) is 0 Å². The van der Waals surface area contributed by atoms with Gasteiger partial charge in [0.2, 0.25) is 0 Å². The molecule has 4 heteroatoms. The lowest BCUT2D eigenvalue weighted by Crippen LogP contribution is -2.01. The summed E-state index contributed by atoms with van der Waals surface area (Å²) in [5.41, 5.74) is 5.66. The summed E-state index contributed by atoms with van der Waals surface area (Å²) < 4.78 is 2.15. The number of benzene rings is 2. The second-order valence-electron chi connectivity index (χ2n) is 5.62. The van der Waals surface area contributed by atoms with Crippen molar-refractivity contribution in [1.29, 1.82) is 5.26 Å². The third kappa shape index (κ3) is 2.71. The third-order valence-electron chi connectivity index (χ3n) is 4.10. The van der Waals surface area contributed by atoms with Gasteiger partial charge < -0.3 is 5.11 Å². The molecule has 0 fully saturated rings. The SMILES string of the molecule is CCc1nc2cc(C#N)c(C)cc2n1-c1ccc(CCO)cc1. The highest BCUT2D eigenvalue weighted by Crippen LogP contribution is 2.25. The molecule has 0 saturated carbocycles. The average Bonchev–Trinajstić information content (AvgIpc) is 2.92. The molecule has 0 atom stereocenters. The van der Waals surface area contributed by atoms with Gasteiger partial charge in [-0.2, -0.15) is 5.26 Å². The van der Waals surface area contributed by atoms with E-state index in [0.717, 1.165) is 40.1 Å². The first-order valence-corrected chi connectivity index (χ1v) is 7.80. The fourth-order valence-corrected chi connectivity index (χ4v) is 2.86. The number of rotatable bonds is 4. The van der Waals surface area contributed by atoms with Crippen LogP contribution in [0.2, 0.25) is 0 Å². The van der Waals surface area contributed by atoms with Crippen molar-refractivity contribution in [2.45, 2.75) is 26.7 Å². The molecule has 0 saturated heterocycles. The number of nitriles is 1. The van der Waals surface area contributed by atoms with E-state index in [1.165, 1.54) is 0 Å². The zero-order valence-electron chi connectivity index (χ0n) is 13.4. The Morgan fingerprint density at radius 3 is 2.57 bits per heavy atom. The average molecular weight is 305 g/mol. The highest BCUT2D eigenvalue weighted by Gasteiger charge is 2.13. The number of aromatic nitrogens is 2. The van der Waals surface area contributed by atoms with Gasteiger partial charge in [-0.1, -0.05) is 19.1 Å². The number of imidazole rings is 1. The molecule has 0 aliphatic heterocycles. The van der Waals surface area contributed by atoms with Crippen LogP contribution in [-0.2, 0) is 12.8 Å². The summed E-state index contributed by atoms with van der Waals surface area (Å²) in [6.07, 6.45) is 1.48. The minimum Gasteiger partial charge on any atom is -0.396 e. The molecule has 1 heterocycles. The van der Waals surface area contributed by atoms with E-state index in [1.54, 1.807) is 0 Å². The Morgan fingerprint density at radius 2 is 1.96 bits per heavy atom. The van der Waals surface area contributed by atoms with E-state index in [-0.39, 0.29) is 6.61 Å². The summed E-state index contributed by atoms with van der Waals surface area (Å²) in [4.78, 5) is 4.69. The Balaban J connectivity index is 2.19. The Morgan fingerprint density at radius 1 is 1.22 bits per heavy atom. The van der Waals surface area contributed by atoms with E-state index in [2.05, 4.69) is 34.7 Å². The van der Waals surface area contributed by atoms with E-state index in [1.807, 2.05) is 31.2 Å². The lowest BCUT2D eigenvalue weighted by Gasteiger charge is -2.10. The van der Waals surface area contributed by atoms with Crippen LogP contribution in [0.4, 0.5) is 0 Å². The van der Waals surface area contributed by atoms with Crippen molar-refractivity contribution in [1.82, 2.24) is 9.55 Å². The fraction of sp³-hybridized carbons (Fsp3) is 0.263. The van der Waals surface area contributed by atoms with Gasteiger partial charge in [0.15, 0.2) is 0 Å². The van der Waals surface area contributed by atoms with Crippen LogP contribution in [0, 0.1) is 18.3 Å².